The smallest absolute Gasteiger partial charge is 0.252 e. The van der Waals surface area contributed by atoms with Gasteiger partial charge in [-0.15, -0.1) is 0 Å². The Kier molecular flexibility index (Phi) is 6.20. The fraction of sp³-hybridized carbons (Fsp3) is 0.391. The van der Waals surface area contributed by atoms with Gasteiger partial charge in [0.15, 0.2) is 11.5 Å². The number of hydrogen-bond donors (Lipinski definition) is 1. The zero-order valence-corrected chi connectivity index (χ0v) is 16.4. The molecule has 28 heavy (non-hydrogen) atoms. The van der Waals surface area contributed by atoms with Crippen LogP contribution in [-0.2, 0) is 6.61 Å². The lowest BCUT2D eigenvalue weighted by Crippen LogP contribution is -2.50. The number of nitrogens with zero attached hydrogens (tertiary/aromatic N) is 1. The normalized spacial score (nSPS) is 21.4. The maximum Gasteiger partial charge on any atom is 0.252 e. The number of carbonyl (C=O) groups is 1. The molecule has 0 saturated heterocycles. The Hall–Kier alpha value is -3.00. The molecule has 146 valence electrons. The lowest BCUT2D eigenvalue weighted by atomic mass is 9.77. The third-order valence-corrected chi connectivity index (χ3v) is 5.23. The van der Waals surface area contributed by atoms with Crippen molar-refractivity contribution >= 4 is 5.91 Å². The Morgan fingerprint density at radius 2 is 2.04 bits per heavy atom. The number of benzene rings is 2. The van der Waals surface area contributed by atoms with Crippen LogP contribution in [0.4, 0.5) is 0 Å². The summed E-state index contributed by atoms with van der Waals surface area (Å²) in [6.45, 7) is 2.54. The van der Waals surface area contributed by atoms with Gasteiger partial charge in [0.2, 0.25) is 0 Å². The molecule has 0 aliphatic heterocycles. The molecule has 0 heterocycles. The lowest BCUT2D eigenvalue weighted by Gasteiger charge is -2.35. The van der Waals surface area contributed by atoms with Crippen molar-refractivity contribution in [2.45, 2.75) is 44.8 Å². The lowest BCUT2D eigenvalue weighted by molar-refractivity contribution is 0.0890. The molecule has 1 amide bonds. The number of carbonyl (C=O) groups excluding carboxylic acids is 1. The van der Waals surface area contributed by atoms with Gasteiger partial charge in [-0.25, -0.2) is 0 Å². The van der Waals surface area contributed by atoms with Gasteiger partial charge in [-0.3, -0.25) is 4.79 Å². The van der Waals surface area contributed by atoms with Crippen molar-refractivity contribution in [3.8, 4) is 17.6 Å². The number of ether oxygens (including phenoxy) is 2. The first-order valence-electron chi connectivity index (χ1n) is 9.64. The first-order chi connectivity index (χ1) is 13.5. The number of hydrogen-bond acceptors (Lipinski definition) is 4. The van der Waals surface area contributed by atoms with E-state index in [1.165, 1.54) is 0 Å². The van der Waals surface area contributed by atoms with E-state index in [9.17, 15) is 10.1 Å². The highest BCUT2D eigenvalue weighted by Gasteiger charge is 2.36. The van der Waals surface area contributed by atoms with Crippen LogP contribution in [-0.4, -0.2) is 18.6 Å². The van der Waals surface area contributed by atoms with E-state index in [1.54, 1.807) is 25.3 Å². The summed E-state index contributed by atoms with van der Waals surface area (Å²) in [5.41, 5.74) is 0.718. The Bertz CT molecular complexity index is 860. The van der Waals surface area contributed by atoms with Crippen molar-refractivity contribution in [1.29, 1.82) is 5.26 Å². The standard InChI is InChI=1S/C23H26N2O3/c1-17-7-6-12-23(14-17,16-24)25-22(26)19-10-11-20(21(13-19)27-2)28-15-18-8-4-3-5-9-18/h3-5,8-11,13,17H,6-7,12,14-15H2,1-2H3,(H,25,26). The summed E-state index contributed by atoms with van der Waals surface area (Å²) in [7, 11) is 1.55. The first kappa shape index (κ1) is 19.8. The summed E-state index contributed by atoms with van der Waals surface area (Å²) in [5, 5.41) is 12.6. The van der Waals surface area contributed by atoms with Gasteiger partial charge < -0.3 is 14.8 Å². The molecule has 2 unspecified atom stereocenters. The highest BCUT2D eigenvalue weighted by atomic mass is 16.5. The number of methoxy groups -OCH3 is 1. The number of nitriles is 1. The quantitative estimate of drug-likeness (QED) is 0.805. The molecule has 1 saturated carbocycles. The molecule has 2 aromatic carbocycles. The van der Waals surface area contributed by atoms with Crippen LogP contribution in [0, 0.1) is 17.2 Å². The molecule has 5 heteroatoms. The van der Waals surface area contributed by atoms with E-state index in [0.717, 1.165) is 18.4 Å². The third-order valence-electron chi connectivity index (χ3n) is 5.23. The molecule has 1 aliphatic carbocycles. The van der Waals surface area contributed by atoms with Crippen molar-refractivity contribution in [3.05, 3.63) is 59.7 Å². The average molecular weight is 378 g/mol. The highest BCUT2D eigenvalue weighted by Crippen LogP contribution is 2.33. The van der Waals surface area contributed by atoms with Crippen LogP contribution >= 0.6 is 0 Å². The van der Waals surface area contributed by atoms with Gasteiger partial charge in [0.1, 0.15) is 12.1 Å². The van der Waals surface area contributed by atoms with E-state index in [-0.39, 0.29) is 5.91 Å². The van der Waals surface area contributed by atoms with E-state index in [1.807, 2.05) is 30.3 Å². The van der Waals surface area contributed by atoms with Crippen molar-refractivity contribution in [1.82, 2.24) is 5.32 Å². The fourth-order valence-corrected chi connectivity index (χ4v) is 3.75. The molecule has 2 atom stereocenters. The Balaban J connectivity index is 1.72. The van der Waals surface area contributed by atoms with Crippen LogP contribution in [0.2, 0.25) is 0 Å². The van der Waals surface area contributed by atoms with Gasteiger partial charge >= 0.3 is 0 Å². The van der Waals surface area contributed by atoms with Crippen LogP contribution in [0.1, 0.15) is 48.5 Å². The summed E-state index contributed by atoms with van der Waals surface area (Å²) >= 11 is 0. The molecular formula is C23H26N2O3. The van der Waals surface area contributed by atoms with E-state index in [4.69, 9.17) is 9.47 Å². The van der Waals surface area contributed by atoms with Crippen molar-refractivity contribution in [2.75, 3.05) is 7.11 Å². The summed E-state index contributed by atoms with van der Waals surface area (Å²) in [4.78, 5) is 12.8. The van der Waals surface area contributed by atoms with Gasteiger partial charge in [0.05, 0.1) is 13.2 Å². The van der Waals surface area contributed by atoms with Crippen LogP contribution in [0.3, 0.4) is 0 Å². The van der Waals surface area contributed by atoms with Crippen LogP contribution in [0.5, 0.6) is 11.5 Å². The molecule has 1 fully saturated rings. The monoisotopic (exact) mass is 378 g/mol. The van der Waals surface area contributed by atoms with E-state index < -0.39 is 5.54 Å². The zero-order chi connectivity index (χ0) is 20.0. The second-order valence-corrected chi connectivity index (χ2v) is 7.49. The van der Waals surface area contributed by atoms with Crippen LogP contribution < -0.4 is 14.8 Å². The summed E-state index contributed by atoms with van der Waals surface area (Å²) in [5.74, 6) is 1.23. The largest absolute Gasteiger partial charge is 0.493 e. The van der Waals surface area contributed by atoms with E-state index in [0.29, 0.717) is 42.4 Å². The average Bonchev–Trinajstić information content (AvgIpc) is 2.72. The van der Waals surface area contributed by atoms with Crippen molar-refractivity contribution in [3.63, 3.8) is 0 Å². The first-order valence-corrected chi connectivity index (χ1v) is 9.64. The number of nitrogens with one attached hydrogen (secondary N) is 1. The molecule has 0 aromatic heterocycles. The van der Waals surface area contributed by atoms with Gasteiger partial charge in [-0.1, -0.05) is 43.7 Å². The molecule has 3 rings (SSSR count). The predicted octanol–water partition coefficient (Wildman–Crippen LogP) is 4.48. The molecule has 0 spiro atoms. The fourth-order valence-electron chi connectivity index (χ4n) is 3.75. The molecule has 0 bridgehead atoms. The highest BCUT2D eigenvalue weighted by molar-refractivity contribution is 5.95. The Morgan fingerprint density at radius 3 is 2.71 bits per heavy atom. The van der Waals surface area contributed by atoms with Gasteiger partial charge in [0, 0.05) is 5.56 Å². The van der Waals surface area contributed by atoms with Crippen molar-refractivity contribution < 1.29 is 14.3 Å². The summed E-state index contributed by atoms with van der Waals surface area (Å²) in [6, 6.07) is 17.3. The maximum absolute atomic E-state index is 12.8. The Morgan fingerprint density at radius 1 is 1.25 bits per heavy atom. The number of amides is 1. The SMILES string of the molecule is COc1cc(C(=O)NC2(C#N)CCCC(C)C2)ccc1OCc1ccccc1. The van der Waals surface area contributed by atoms with Crippen molar-refractivity contribution in [2.24, 2.45) is 5.92 Å². The Labute approximate surface area is 166 Å². The minimum absolute atomic E-state index is 0.261. The predicted molar refractivity (Wildman–Crippen MR) is 107 cm³/mol. The second kappa shape index (κ2) is 8.79. The van der Waals surface area contributed by atoms with Gasteiger partial charge in [-0.05, 0) is 48.9 Å². The maximum atomic E-state index is 12.8. The van der Waals surface area contributed by atoms with Crippen LogP contribution in [0.25, 0.3) is 0 Å². The minimum Gasteiger partial charge on any atom is -0.493 e. The molecule has 2 aromatic rings. The van der Waals surface area contributed by atoms with Gasteiger partial charge in [0.25, 0.3) is 5.91 Å². The zero-order valence-electron chi connectivity index (χ0n) is 16.4. The van der Waals surface area contributed by atoms with Crippen LogP contribution in [0.15, 0.2) is 48.5 Å². The topological polar surface area (TPSA) is 71.3 Å². The van der Waals surface area contributed by atoms with E-state index >= 15 is 0 Å². The second-order valence-electron chi connectivity index (χ2n) is 7.49. The molecule has 5 nitrogen and oxygen atoms in total. The summed E-state index contributed by atoms with van der Waals surface area (Å²) < 4.78 is 11.3. The third kappa shape index (κ3) is 4.64. The molecular weight excluding hydrogens is 352 g/mol. The van der Waals surface area contributed by atoms with E-state index in [2.05, 4.69) is 18.3 Å². The molecule has 1 aliphatic rings. The minimum atomic E-state index is -0.787. The van der Waals surface area contributed by atoms with Gasteiger partial charge in [-0.2, -0.15) is 5.26 Å². The number of rotatable bonds is 6. The summed E-state index contributed by atoms with van der Waals surface area (Å²) in [6.07, 6.45) is 3.42. The molecule has 1 N–H and O–H groups in total. The molecule has 0 radical (unpaired) electrons.